The maximum Gasteiger partial charge on any atom is 0.265 e. The third-order valence-electron chi connectivity index (χ3n) is 13.5. The second-order valence-corrected chi connectivity index (χ2v) is 18.4. The number of halogens is 2. The molecule has 0 aromatic heterocycles. The van der Waals surface area contributed by atoms with Crippen molar-refractivity contribution in [2.24, 2.45) is 0 Å². The first kappa shape index (κ1) is 37.3. The van der Waals surface area contributed by atoms with Gasteiger partial charge in [-0.25, -0.2) is 4.90 Å². The van der Waals surface area contributed by atoms with Crippen LogP contribution in [0.2, 0.25) is 0 Å². The van der Waals surface area contributed by atoms with Gasteiger partial charge >= 0.3 is 0 Å². The molecular formula is C52H38Br2N2O4. The van der Waals surface area contributed by atoms with Crippen LogP contribution in [0.3, 0.4) is 0 Å². The summed E-state index contributed by atoms with van der Waals surface area (Å²) in [5.74, 6) is -1.28. The molecule has 294 valence electrons. The Morgan fingerprint density at radius 3 is 1.40 bits per heavy atom. The molecule has 60 heavy (non-hydrogen) atoms. The summed E-state index contributed by atoms with van der Waals surface area (Å²) < 4.78 is 2.09. The third kappa shape index (κ3) is 5.23. The van der Waals surface area contributed by atoms with Crippen molar-refractivity contribution in [1.29, 1.82) is 0 Å². The number of hydrogen-bond acceptors (Lipinski definition) is 4. The second kappa shape index (κ2) is 13.9. The highest BCUT2D eigenvalue weighted by Crippen LogP contribution is 2.55. The lowest BCUT2D eigenvalue weighted by Gasteiger charge is -2.34. The van der Waals surface area contributed by atoms with Gasteiger partial charge in [0.25, 0.3) is 23.6 Å². The lowest BCUT2D eigenvalue weighted by molar-refractivity contribution is 0.0604. The molecule has 8 heteroatoms. The summed E-state index contributed by atoms with van der Waals surface area (Å²) in [6.07, 6.45) is 7.02. The van der Waals surface area contributed by atoms with Crippen molar-refractivity contribution in [2.75, 3.05) is 11.4 Å². The van der Waals surface area contributed by atoms with Crippen LogP contribution in [0, 0.1) is 0 Å². The van der Waals surface area contributed by atoms with Crippen molar-refractivity contribution < 1.29 is 19.2 Å². The lowest BCUT2D eigenvalue weighted by atomic mass is 9.71. The van der Waals surface area contributed by atoms with Gasteiger partial charge in [-0.15, -0.1) is 0 Å². The highest BCUT2D eigenvalue weighted by Gasteiger charge is 2.44. The molecule has 0 unspecified atom stereocenters. The fourth-order valence-corrected chi connectivity index (χ4v) is 11.6. The first-order chi connectivity index (χ1) is 29.2. The van der Waals surface area contributed by atoms with Gasteiger partial charge in [-0.1, -0.05) is 119 Å². The molecule has 8 aromatic rings. The monoisotopic (exact) mass is 912 g/mol. The summed E-state index contributed by atoms with van der Waals surface area (Å²) in [7, 11) is 0. The van der Waals surface area contributed by atoms with E-state index in [1.165, 1.54) is 38.5 Å². The molecule has 0 bridgehead atoms. The Bertz CT molecular complexity index is 3020. The molecule has 4 amide bonds. The van der Waals surface area contributed by atoms with Gasteiger partial charge < -0.3 is 0 Å². The normalized spacial score (nSPS) is 15.3. The predicted octanol–water partition coefficient (Wildman–Crippen LogP) is 13.4. The predicted molar refractivity (Wildman–Crippen MR) is 247 cm³/mol. The topological polar surface area (TPSA) is 74.8 Å². The highest BCUT2D eigenvalue weighted by atomic mass is 79.9. The molecule has 0 radical (unpaired) electrons. The number of carbonyl (C=O) groups is 4. The van der Waals surface area contributed by atoms with Crippen LogP contribution in [0.5, 0.6) is 0 Å². The van der Waals surface area contributed by atoms with Gasteiger partial charge in [-0.05, 0) is 134 Å². The van der Waals surface area contributed by atoms with Gasteiger partial charge in [0.15, 0.2) is 0 Å². The SMILES string of the molecule is CCCCCCC1(CCCN2C(=O)c3ccc4c5ccc6c7c(ccc(c8ccc(c3c48)C2=O)c75)C(=O)N(c2ccccc2)C6=O)c2cc(Br)ccc2-c2ccc(Br)cc21. The van der Waals surface area contributed by atoms with E-state index in [4.69, 9.17) is 0 Å². The van der Waals surface area contributed by atoms with E-state index in [9.17, 15) is 19.2 Å². The molecule has 0 saturated heterocycles. The maximum absolute atomic E-state index is 14.6. The van der Waals surface area contributed by atoms with E-state index in [0.29, 0.717) is 51.7 Å². The van der Waals surface area contributed by atoms with Crippen LogP contribution in [-0.4, -0.2) is 35.1 Å². The number of imide groups is 2. The molecular weight excluding hydrogens is 876 g/mol. The number of benzene rings is 8. The van der Waals surface area contributed by atoms with Crippen LogP contribution >= 0.6 is 31.9 Å². The van der Waals surface area contributed by atoms with Crippen molar-refractivity contribution in [1.82, 2.24) is 4.90 Å². The summed E-state index contributed by atoms with van der Waals surface area (Å²) in [5.41, 5.74) is 7.37. The smallest absolute Gasteiger partial charge is 0.265 e. The standard InChI is InChI=1S/C52H38Br2N2O4/c1-2-3-4-8-24-52(42-27-29(53)12-14-32(42)33-15-13-30(54)28-43(33)52)25-9-26-55-48(57)38-20-16-34-36-18-22-40-47-41(51(60)56(50(40)59)31-10-6-5-7-11-31)23-19-37(45(36)47)35-17-21-39(49(55)58)46(38)44(34)35/h5-7,10-23,27-28H,2-4,8-9,24-26H2,1H3. The average Bonchev–Trinajstić information content (AvgIpc) is 3.51. The van der Waals surface area contributed by atoms with Crippen molar-refractivity contribution >= 4 is 104 Å². The van der Waals surface area contributed by atoms with Crippen LogP contribution in [0.25, 0.3) is 54.2 Å². The first-order valence-electron chi connectivity index (χ1n) is 20.8. The number of fused-ring (bicyclic) bond motifs is 5. The lowest BCUT2D eigenvalue weighted by Crippen LogP contribution is -2.41. The quantitative estimate of drug-likeness (QED) is 0.0593. The Morgan fingerprint density at radius 1 is 0.467 bits per heavy atom. The van der Waals surface area contributed by atoms with Crippen LogP contribution in [-0.2, 0) is 5.41 Å². The Hall–Kier alpha value is -5.70. The third-order valence-corrected chi connectivity index (χ3v) is 14.4. The number of anilines is 1. The summed E-state index contributed by atoms with van der Waals surface area (Å²) in [5, 5.41) is 6.49. The fourth-order valence-electron chi connectivity index (χ4n) is 10.8. The van der Waals surface area contributed by atoms with E-state index in [2.05, 4.69) is 75.2 Å². The van der Waals surface area contributed by atoms with Gasteiger partial charge in [0.1, 0.15) is 0 Å². The summed E-state index contributed by atoms with van der Waals surface area (Å²) in [6.45, 7) is 2.54. The van der Waals surface area contributed by atoms with E-state index < -0.39 is 0 Å². The van der Waals surface area contributed by atoms with E-state index in [0.717, 1.165) is 73.4 Å². The zero-order valence-electron chi connectivity index (χ0n) is 32.9. The molecule has 3 aliphatic rings. The molecule has 11 rings (SSSR count). The van der Waals surface area contributed by atoms with Gasteiger partial charge in [-0.3, -0.25) is 24.1 Å². The number of carbonyl (C=O) groups excluding carboxylic acids is 4. The van der Waals surface area contributed by atoms with Crippen LogP contribution in [0.15, 0.2) is 124 Å². The molecule has 6 nitrogen and oxygen atoms in total. The molecule has 0 atom stereocenters. The molecule has 0 N–H and O–H groups in total. The highest BCUT2D eigenvalue weighted by molar-refractivity contribution is 9.10. The minimum absolute atomic E-state index is 0.254. The van der Waals surface area contributed by atoms with Crippen molar-refractivity contribution in [3.63, 3.8) is 0 Å². The number of amides is 4. The molecule has 2 aliphatic heterocycles. The second-order valence-electron chi connectivity index (χ2n) is 16.6. The molecule has 0 spiro atoms. The van der Waals surface area contributed by atoms with Gasteiger partial charge in [-0.2, -0.15) is 0 Å². The molecule has 0 saturated carbocycles. The molecule has 1 aliphatic carbocycles. The Kier molecular flexibility index (Phi) is 8.66. The van der Waals surface area contributed by atoms with E-state index >= 15 is 0 Å². The molecule has 8 aromatic carbocycles. The molecule has 0 fully saturated rings. The summed E-state index contributed by atoms with van der Waals surface area (Å²) in [6, 6.07) is 37.4. The maximum atomic E-state index is 14.6. The van der Waals surface area contributed by atoms with Crippen LogP contribution in [0.4, 0.5) is 5.69 Å². The van der Waals surface area contributed by atoms with Gasteiger partial charge in [0.05, 0.1) is 5.69 Å². The van der Waals surface area contributed by atoms with Crippen molar-refractivity contribution in [3.8, 4) is 11.1 Å². The van der Waals surface area contributed by atoms with Crippen LogP contribution in [0.1, 0.15) is 104 Å². The Morgan fingerprint density at radius 2 is 0.917 bits per heavy atom. The number of nitrogens with zero attached hydrogens (tertiary/aromatic N) is 2. The fraction of sp³-hybridized carbons (Fsp3) is 0.192. The largest absolute Gasteiger partial charge is 0.274 e. The minimum Gasteiger partial charge on any atom is -0.274 e. The van der Waals surface area contributed by atoms with Crippen molar-refractivity contribution in [3.05, 3.63) is 158 Å². The number of hydrogen-bond donors (Lipinski definition) is 0. The van der Waals surface area contributed by atoms with E-state index in [1.54, 1.807) is 12.1 Å². The van der Waals surface area contributed by atoms with Gasteiger partial charge in [0.2, 0.25) is 0 Å². The summed E-state index contributed by atoms with van der Waals surface area (Å²) in [4.78, 5) is 59.9. The summed E-state index contributed by atoms with van der Waals surface area (Å²) >= 11 is 7.55. The number of rotatable bonds is 10. The van der Waals surface area contributed by atoms with Crippen molar-refractivity contribution in [2.45, 2.75) is 57.3 Å². The molecule has 2 heterocycles. The number of unbranched alkanes of at least 4 members (excludes halogenated alkanes) is 3. The minimum atomic E-state index is -0.362. The Balaban J connectivity index is 0.970. The van der Waals surface area contributed by atoms with Crippen LogP contribution < -0.4 is 4.90 Å². The average molecular weight is 915 g/mol. The zero-order valence-corrected chi connectivity index (χ0v) is 36.1. The first-order valence-corrected chi connectivity index (χ1v) is 22.4. The number of para-hydroxylation sites is 1. The van der Waals surface area contributed by atoms with Gasteiger partial charge in [0, 0.05) is 53.9 Å². The van der Waals surface area contributed by atoms with E-state index in [1.807, 2.05) is 66.7 Å². The zero-order chi connectivity index (χ0) is 41.0. The van der Waals surface area contributed by atoms with E-state index in [-0.39, 0.29) is 29.0 Å². The Labute approximate surface area is 363 Å².